The van der Waals surface area contributed by atoms with Crippen LogP contribution in [0.15, 0.2) is 0 Å². The largest absolute Gasteiger partial charge is 0.481 e. The van der Waals surface area contributed by atoms with Crippen LogP contribution in [0, 0.1) is 5.41 Å². The summed E-state index contributed by atoms with van der Waals surface area (Å²) in [7, 11) is 0. The summed E-state index contributed by atoms with van der Waals surface area (Å²) in [6, 6.07) is -0.108. The maximum atomic E-state index is 11.6. The molecule has 0 fully saturated rings. The summed E-state index contributed by atoms with van der Waals surface area (Å²) in [5.74, 6) is -1.08. The summed E-state index contributed by atoms with van der Waals surface area (Å²) in [6.07, 6.45) is 0.164. The van der Waals surface area contributed by atoms with E-state index in [0.29, 0.717) is 6.42 Å². The summed E-state index contributed by atoms with van der Waals surface area (Å²) in [4.78, 5) is 22.2. The van der Waals surface area contributed by atoms with E-state index in [1.807, 2.05) is 6.92 Å². The molecule has 1 amide bonds. The molecule has 5 heteroatoms. The number of carboxylic acids is 1. The van der Waals surface area contributed by atoms with Crippen LogP contribution >= 0.6 is 0 Å². The molecule has 0 heterocycles. The summed E-state index contributed by atoms with van der Waals surface area (Å²) in [6.45, 7) is 6.98. The molecule has 5 nitrogen and oxygen atoms in total. The molecule has 0 aliphatic carbocycles. The summed E-state index contributed by atoms with van der Waals surface area (Å²) < 4.78 is 0. The lowest BCUT2D eigenvalue weighted by molar-refractivity contribution is -0.139. The Morgan fingerprint density at radius 3 is 2.18 bits per heavy atom. The third-order valence-electron chi connectivity index (χ3n) is 2.37. The minimum Gasteiger partial charge on any atom is -0.481 e. The van der Waals surface area contributed by atoms with Crippen molar-refractivity contribution < 1.29 is 19.8 Å². The Morgan fingerprint density at radius 1 is 1.24 bits per heavy atom. The van der Waals surface area contributed by atoms with Crippen molar-refractivity contribution in [2.75, 3.05) is 0 Å². The fourth-order valence-corrected chi connectivity index (χ4v) is 1.80. The van der Waals surface area contributed by atoms with Crippen LogP contribution in [0.2, 0.25) is 0 Å². The van der Waals surface area contributed by atoms with Crippen molar-refractivity contribution in [3.63, 3.8) is 0 Å². The highest BCUT2D eigenvalue weighted by Gasteiger charge is 2.25. The topological polar surface area (TPSA) is 86.6 Å². The zero-order valence-corrected chi connectivity index (χ0v) is 11.0. The van der Waals surface area contributed by atoms with Gasteiger partial charge in [-0.1, -0.05) is 13.8 Å². The minimum atomic E-state index is -0.903. The fraction of sp³-hybridized carbons (Fsp3) is 0.833. The Balaban J connectivity index is 4.12. The Hall–Kier alpha value is -1.10. The molecule has 0 aromatic heterocycles. The van der Waals surface area contributed by atoms with Crippen molar-refractivity contribution in [3.8, 4) is 0 Å². The second-order valence-electron chi connectivity index (χ2n) is 5.46. The predicted molar refractivity (Wildman–Crippen MR) is 64.6 cm³/mol. The van der Waals surface area contributed by atoms with Crippen LogP contribution in [0.4, 0.5) is 0 Å². The first kappa shape index (κ1) is 15.9. The summed E-state index contributed by atoms with van der Waals surface area (Å²) in [5, 5.41) is 20.6. The van der Waals surface area contributed by atoms with Gasteiger partial charge >= 0.3 is 5.97 Å². The molecule has 2 unspecified atom stereocenters. The average Bonchev–Trinajstić information content (AvgIpc) is 1.95. The smallest absolute Gasteiger partial charge is 0.303 e. The predicted octanol–water partition coefficient (Wildman–Crippen LogP) is 1.15. The summed E-state index contributed by atoms with van der Waals surface area (Å²) >= 11 is 0. The zero-order chi connectivity index (χ0) is 13.6. The Kier molecular flexibility index (Phi) is 6.16. The third-order valence-corrected chi connectivity index (χ3v) is 2.37. The number of hydrogen-bond donors (Lipinski definition) is 3. The molecule has 0 rings (SSSR count). The van der Waals surface area contributed by atoms with Crippen molar-refractivity contribution in [1.29, 1.82) is 0 Å². The van der Waals surface area contributed by atoms with Gasteiger partial charge in [-0.25, -0.2) is 0 Å². The Morgan fingerprint density at radius 2 is 1.76 bits per heavy atom. The first-order valence-corrected chi connectivity index (χ1v) is 5.81. The number of aliphatic carboxylic acids is 1. The number of aliphatic hydroxyl groups excluding tert-OH is 1. The first-order chi connectivity index (χ1) is 7.62. The lowest BCUT2D eigenvalue weighted by Crippen LogP contribution is -2.37. The van der Waals surface area contributed by atoms with E-state index in [9.17, 15) is 9.59 Å². The normalized spacial score (nSPS) is 15.1. The van der Waals surface area contributed by atoms with E-state index in [1.165, 1.54) is 0 Å². The number of carbonyl (C=O) groups is 2. The lowest BCUT2D eigenvalue weighted by Gasteiger charge is -2.23. The van der Waals surface area contributed by atoms with Crippen LogP contribution in [0.5, 0.6) is 0 Å². The SMILES string of the molecule is CC(O)CC(C)NC(=O)CC(C)(C)CC(=O)O. The van der Waals surface area contributed by atoms with E-state index in [0.717, 1.165) is 0 Å². The van der Waals surface area contributed by atoms with Crippen molar-refractivity contribution in [2.45, 2.75) is 59.1 Å². The highest BCUT2D eigenvalue weighted by molar-refractivity contribution is 5.78. The molecule has 0 radical (unpaired) electrons. The van der Waals surface area contributed by atoms with Crippen LogP contribution < -0.4 is 5.32 Å². The van der Waals surface area contributed by atoms with Crippen molar-refractivity contribution in [1.82, 2.24) is 5.32 Å². The van der Waals surface area contributed by atoms with Crippen LogP contribution in [0.1, 0.15) is 47.0 Å². The first-order valence-electron chi connectivity index (χ1n) is 5.81. The van der Waals surface area contributed by atoms with Gasteiger partial charge in [-0.15, -0.1) is 0 Å². The molecular weight excluding hydrogens is 222 g/mol. The molecule has 0 aliphatic rings. The Labute approximate surface area is 102 Å². The van der Waals surface area contributed by atoms with Crippen molar-refractivity contribution in [2.24, 2.45) is 5.41 Å². The Bertz CT molecular complexity index is 274. The van der Waals surface area contributed by atoms with Gasteiger partial charge in [-0.3, -0.25) is 9.59 Å². The van der Waals surface area contributed by atoms with E-state index < -0.39 is 17.5 Å². The van der Waals surface area contributed by atoms with E-state index in [-0.39, 0.29) is 24.8 Å². The molecule has 0 aromatic rings. The van der Waals surface area contributed by atoms with Crippen LogP contribution in [0.25, 0.3) is 0 Å². The van der Waals surface area contributed by atoms with Gasteiger partial charge in [0.15, 0.2) is 0 Å². The van der Waals surface area contributed by atoms with Gasteiger partial charge in [0.2, 0.25) is 5.91 Å². The highest BCUT2D eigenvalue weighted by Crippen LogP contribution is 2.24. The van der Waals surface area contributed by atoms with Gasteiger partial charge < -0.3 is 15.5 Å². The van der Waals surface area contributed by atoms with E-state index in [4.69, 9.17) is 10.2 Å². The molecule has 0 aromatic carbocycles. The molecule has 3 N–H and O–H groups in total. The van der Waals surface area contributed by atoms with Crippen LogP contribution in [-0.4, -0.2) is 34.2 Å². The maximum absolute atomic E-state index is 11.6. The van der Waals surface area contributed by atoms with Crippen LogP contribution in [-0.2, 0) is 9.59 Å². The number of carboxylic acid groups (broad SMARTS) is 1. The molecule has 100 valence electrons. The quantitative estimate of drug-likeness (QED) is 0.628. The van der Waals surface area contributed by atoms with Gasteiger partial charge in [-0.2, -0.15) is 0 Å². The maximum Gasteiger partial charge on any atom is 0.303 e. The number of rotatable bonds is 7. The molecule has 0 bridgehead atoms. The molecule has 2 atom stereocenters. The zero-order valence-electron chi connectivity index (χ0n) is 11.0. The van der Waals surface area contributed by atoms with Gasteiger partial charge in [-0.05, 0) is 25.7 Å². The van der Waals surface area contributed by atoms with Crippen LogP contribution in [0.3, 0.4) is 0 Å². The van der Waals surface area contributed by atoms with E-state index >= 15 is 0 Å². The van der Waals surface area contributed by atoms with Gasteiger partial charge in [0.05, 0.1) is 12.5 Å². The number of hydrogen-bond acceptors (Lipinski definition) is 3. The summed E-state index contributed by atoms with van der Waals surface area (Å²) in [5.41, 5.74) is -0.555. The number of amides is 1. The third kappa shape index (κ3) is 8.68. The van der Waals surface area contributed by atoms with E-state index in [2.05, 4.69) is 5.32 Å². The van der Waals surface area contributed by atoms with Gasteiger partial charge in [0.25, 0.3) is 0 Å². The second-order valence-corrected chi connectivity index (χ2v) is 5.46. The number of nitrogens with one attached hydrogen (secondary N) is 1. The molecule has 0 saturated heterocycles. The molecule has 17 heavy (non-hydrogen) atoms. The molecule has 0 spiro atoms. The van der Waals surface area contributed by atoms with Crippen molar-refractivity contribution >= 4 is 11.9 Å². The standard InChI is InChI=1S/C12H23NO4/c1-8(5-9(2)14)13-10(15)6-12(3,4)7-11(16)17/h8-9,14H,5-7H2,1-4H3,(H,13,15)(H,16,17). The number of aliphatic hydroxyl groups is 1. The van der Waals surface area contributed by atoms with Gasteiger partial charge in [0, 0.05) is 12.5 Å². The van der Waals surface area contributed by atoms with Crippen molar-refractivity contribution in [3.05, 3.63) is 0 Å². The minimum absolute atomic E-state index is 0.0365. The fourth-order valence-electron chi connectivity index (χ4n) is 1.80. The molecule has 0 aliphatic heterocycles. The number of carbonyl (C=O) groups excluding carboxylic acids is 1. The second kappa shape index (κ2) is 6.59. The highest BCUT2D eigenvalue weighted by atomic mass is 16.4. The van der Waals surface area contributed by atoms with Gasteiger partial charge in [0.1, 0.15) is 0 Å². The molecule has 0 saturated carbocycles. The average molecular weight is 245 g/mol. The molecular formula is C12H23NO4. The monoisotopic (exact) mass is 245 g/mol. The lowest BCUT2D eigenvalue weighted by atomic mass is 9.85. The van der Waals surface area contributed by atoms with E-state index in [1.54, 1.807) is 20.8 Å².